The molecule has 27 heavy (non-hydrogen) atoms. The molecule has 0 amide bonds. The van der Waals surface area contributed by atoms with Gasteiger partial charge in [0.05, 0.1) is 19.8 Å². The van der Waals surface area contributed by atoms with Crippen LogP contribution < -0.4 is 0 Å². The molecule has 0 saturated carbocycles. The fourth-order valence-corrected chi connectivity index (χ4v) is 3.15. The standard InChI is InChI=1S/C21H26O6/c1-24-21-20(26-14-16-10-6-3-7-11-16)19(18(27-21)17(23)12-22)25-13-15-8-4-2-5-9-15/h2-11,17-23H,12-14H2,1H3/t17-,18+,19+,20-,21?/m1/s1. The van der Waals surface area contributed by atoms with Gasteiger partial charge >= 0.3 is 0 Å². The number of ether oxygens (including phenoxy) is 4. The number of aliphatic hydroxyl groups excluding tert-OH is 2. The number of hydrogen-bond acceptors (Lipinski definition) is 6. The Kier molecular flexibility index (Phi) is 7.34. The average molecular weight is 374 g/mol. The van der Waals surface area contributed by atoms with Crippen molar-refractivity contribution in [3.63, 3.8) is 0 Å². The predicted octanol–water partition coefficient (Wildman–Crippen LogP) is 1.88. The van der Waals surface area contributed by atoms with Gasteiger partial charge in [-0.25, -0.2) is 0 Å². The fourth-order valence-electron chi connectivity index (χ4n) is 3.15. The summed E-state index contributed by atoms with van der Waals surface area (Å²) >= 11 is 0. The summed E-state index contributed by atoms with van der Waals surface area (Å²) < 4.78 is 23.3. The van der Waals surface area contributed by atoms with Gasteiger partial charge in [-0.2, -0.15) is 0 Å². The molecule has 0 aliphatic carbocycles. The first-order chi connectivity index (χ1) is 13.2. The summed E-state index contributed by atoms with van der Waals surface area (Å²) in [6, 6.07) is 19.5. The smallest absolute Gasteiger partial charge is 0.186 e. The number of aliphatic hydroxyl groups is 2. The normalized spacial score (nSPS) is 26.2. The van der Waals surface area contributed by atoms with Crippen LogP contribution in [0.4, 0.5) is 0 Å². The van der Waals surface area contributed by atoms with E-state index < -0.39 is 37.3 Å². The molecule has 3 rings (SSSR count). The lowest BCUT2D eigenvalue weighted by atomic mass is 10.1. The van der Waals surface area contributed by atoms with E-state index in [4.69, 9.17) is 18.9 Å². The van der Waals surface area contributed by atoms with Gasteiger partial charge in [0.2, 0.25) is 0 Å². The fraction of sp³-hybridized carbons (Fsp3) is 0.429. The minimum absolute atomic E-state index is 0.338. The van der Waals surface area contributed by atoms with Crippen LogP contribution >= 0.6 is 0 Å². The molecule has 0 aromatic heterocycles. The van der Waals surface area contributed by atoms with Crippen molar-refractivity contribution in [3.8, 4) is 0 Å². The molecule has 1 aliphatic heterocycles. The van der Waals surface area contributed by atoms with Gasteiger partial charge in [-0.1, -0.05) is 60.7 Å². The molecule has 2 aromatic carbocycles. The third-order valence-electron chi connectivity index (χ3n) is 4.58. The van der Waals surface area contributed by atoms with Gasteiger partial charge in [0.25, 0.3) is 0 Å². The second kappa shape index (κ2) is 9.94. The Morgan fingerprint density at radius 3 is 1.89 bits per heavy atom. The van der Waals surface area contributed by atoms with Gasteiger partial charge in [0.1, 0.15) is 24.4 Å². The number of methoxy groups -OCH3 is 1. The Bertz CT molecular complexity index is 665. The second-order valence-corrected chi connectivity index (χ2v) is 6.48. The third kappa shape index (κ3) is 5.13. The van der Waals surface area contributed by atoms with Crippen LogP contribution in [0.1, 0.15) is 11.1 Å². The first kappa shape index (κ1) is 19.9. The molecule has 2 aromatic rings. The highest BCUT2D eigenvalue weighted by Gasteiger charge is 2.49. The molecular weight excluding hydrogens is 348 g/mol. The van der Waals surface area contributed by atoms with Crippen LogP contribution in [0, 0.1) is 0 Å². The summed E-state index contributed by atoms with van der Waals surface area (Å²) in [5, 5.41) is 19.6. The van der Waals surface area contributed by atoms with E-state index in [1.54, 1.807) is 0 Å². The molecule has 6 nitrogen and oxygen atoms in total. The van der Waals surface area contributed by atoms with Gasteiger partial charge in [0, 0.05) is 7.11 Å². The molecular formula is C21H26O6. The molecule has 2 N–H and O–H groups in total. The summed E-state index contributed by atoms with van der Waals surface area (Å²) in [4.78, 5) is 0. The zero-order chi connectivity index (χ0) is 19.1. The average Bonchev–Trinajstić information content (AvgIpc) is 3.09. The van der Waals surface area contributed by atoms with Gasteiger partial charge in [-0.05, 0) is 11.1 Å². The van der Waals surface area contributed by atoms with Crippen molar-refractivity contribution in [3.05, 3.63) is 71.8 Å². The van der Waals surface area contributed by atoms with E-state index >= 15 is 0 Å². The van der Waals surface area contributed by atoms with E-state index in [0.717, 1.165) is 11.1 Å². The number of rotatable bonds is 9. The monoisotopic (exact) mass is 374 g/mol. The predicted molar refractivity (Wildman–Crippen MR) is 98.8 cm³/mol. The highest BCUT2D eigenvalue weighted by molar-refractivity contribution is 5.14. The SMILES string of the molecule is COC1O[C@@H]([C@H](O)CO)[C@H](OCc2ccccc2)[C@H]1OCc1ccccc1. The van der Waals surface area contributed by atoms with E-state index in [9.17, 15) is 10.2 Å². The van der Waals surface area contributed by atoms with Gasteiger partial charge < -0.3 is 29.2 Å². The zero-order valence-corrected chi connectivity index (χ0v) is 15.3. The number of benzene rings is 2. The van der Waals surface area contributed by atoms with Crippen LogP contribution in [-0.4, -0.2) is 54.6 Å². The van der Waals surface area contributed by atoms with Crippen molar-refractivity contribution >= 4 is 0 Å². The molecule has 0 spiro atoms. The summed E-state index contributed by atoms with van der Waals surface area (Å²) in [7, 11) is 1.52. The molecule has 1 heterocycles. The van der Waals surface area contributed by atoms with Crippen LogP contribution in [0.2, 0.25) is 0 Å². The first-order valence-electron chi connectivity index (χ1n) is 9.01. The first-order valence-corrected chi connectivity index (χ1v) is 9.01. The van der Waals surface area contributed by atoms with Crippen molar-refractivity contribution in [2.24, 2.45) is 0 Å². The molecule has 0 bridgehead atoms. The summed E-state index contributed by atoms with van der Waals surface area (Å²) in [6.45, 7) is 0.269. The third-order valence-corrected chi connectivity index (χ3v) is 4.58. The Morgan fingerprint density at radius 2 is 1.41 bits per heavy atom. The Labute approximate surface area is 159 Å². The lowest BCUT2D eigenvalue weighted by Crippen LogP contribution is -2.43. The molecule has 5 atom stereocenters. The largest absolute Gasteiger partial charge is 0.394 e. The number of hydrogen-bond donors (Lipinski definition) is 2. The Hall–Kier alpha value is -1.80. The van der Waals surface area contributed by atoms with Crippen LogP contribution in [-0.2, 0) is 32.2 Å². The van der Waals surface area contributed by atoms with E-state index in [1.165, 1.54) is 7.11 Å². The molecule has 146 valence electrons. The highest BCUT2D eigenvalue weighted by atomic mass is 16.7. The van der Waals surface area contributed by atoms with E-state index in [0.29, 0.717) is 13.2 Å². The summed E-state index contributed by atoms with van der Waals surface area (Å²) in [5.74, 6) is 0. The van der Waals surface area contributed by atoms with E-state index in [-0.39, 0.29) is 0 Å². The molecule has 0 radical (unpaired) electrons. The lowest BCUT2D eigenvalue weighted by molar-refractivity contribution is -0.177. The van der Waals surface area contributed by atoms with Crippen LogP contribution in [0.3, 0.4) is 0 Å². The molecule has 1 aliphatic rings. The van der Waals surface area contributed by atoms with Crippen molar-refractivity contribution in [2.75, 3.05) is 13.7 Å². The van der Waals surface area contributed by atoms with Gasteiger partial charge in [-0.3, -0.25) is 0 Å². The van der Waals surface area contributed by atoms with Crippen molar-refractivity contribution in [1.82, 2.24) is 0 Å². The summed E-state index contributed by atoms with van der Waals surface area (Å²) in [5.41, 5.74) is 2.01. The Morgan fingerprint density at radius 1 is 0.889 bits per heavy atom. The maximum Gasteiger partial charge on any atom is 0.186 e. The van der Waals surface area contributed by atoms with Gasteiger partial charge in [0.15, 0.2) is 6.29 Å². The maximum atomic E-state index is 10.2. The molecule has 1 unspecified atom stereocenters. The topological polar surface area (TPSA) is 77.4 Å². The minimum Gasteiger partial charge on any atom is -0.394 e. The maximum absolute atomic E-state index is 10.2. The molecule has 6 heteroatoms. The second-order valence-electron chi connectivity index (χ2n) is 6.48. The molecule has 1 fully saturated rings. The van der Waals surface area contributed by atoms with Gasteiger partial charge in [-0.15, -0.1) is 0 Å². The van der Waals surface area contributed by atoms with Crippen molar-refractivity contribution in [2.45, 2.75) is 43.9 Å². The van der Waals surface area contributed by atoms with E-state index in [1.807, 2.05) is 60.7 Å². The minimum atomic E-state index is -1.09. The van der Waals surface area contributed by atoms with Crippen molar-refractivity contribution < 1.29 is 29.2 Å². The zero-order valence-electron chi connectivity index (χ0n) is 15.3. The van der Waals surface area contributed by atoms with Crippen LogP contribution in [0.15, 0.2) is 60.7 Å². The van der Waals surface area contributed by atoms with Crippen molar-refractivity contribution in [1.29, 1.82) is 0 Å². The van der Waals surface area contributed by atoms with E-state index in [2.05, 4.69) is 0 Å². The molecule has 1 saturated heterocycles. The van der Waals surface area contributed by atoms with Crippen LogP contribution in [0.5, 0.6) is 0 Å². The Balaban J connectivity index is 1.72. The lowest BCUT2D eigenvalue weighted by Gasteiger charge is -2.26. The quantitative estimate of drug-likeness (QED) is 0.698. The van der Waals surface area contributed by atoms with Crippen LogP contribution in [0.25, 0.3) is 0 Å². The summed E-state index contributed by atoms with van der Waals surface area (Å²) in [6.07, 6.45) is -3.65. The highest BCUT2D eigenvalue weighted by Crippen LogP contribution is 2.30.